The molecule has 21 heavy (non-hydrogen) atoms. The van der Waals surface area contributed by atoms with Gasteiger partial charge in [0, 0.05) is 17.7 Å². The van der Waals surface area contributed by atoms with Crippen molar-refractivity contribution in [1.82, 2.24) is 10.4 Å². The minimum absolute atomic E-state index is 0.0268. The van der Waals surface area contributed by atoms with Crippen molar-refractivity contribution in [2.24, 2.45) is 5.73 Å². The zero-order valence-electron chi connectivity index (χ0n) is 11.0. The lowest BCUT2D eigenvalue weighted by molar-refractivity contribution is -0.149. The number of rotatable bonds is 3. The van der Waals surface area contributed by atoms with Crippen molar-refractivity contribution in [2.75, 3.05) is 6.54 Å². The molecule has 4 nitrogen and oxygen atoms in total. The molecule has 3 N–H and O–H groups in total. The van der Waals surface area contributed by atoms with E-state index in [0.29, 0.717) is 0 Å². The van der Waals surface area contributed by atoms with Gasteiger partial charge < -0.3 is 10.7 Å². The Kier molecular flexibility index (Phi) is 3.91. The largest absolute Gasteiger partial charge is 0.409 e. The maximum Gasteiger partial charge on any atom is 0.409 e. The van der Waals surface area contributed by atoms with Crippen LogP contribution in [0, 0.1) is 5.82 Å². The number of primary amides is 1. The lowest BCUT2D eigenvalue weighted by Crippen LogP contribution is -2.44. The van der Waals surface area contributed by atoms with Crippen LogP contribution in [0.3, 0.4) is 0 Å². The van der Waals surface area contributed by atoms with Gasteiger partial charge in [0.2, 0.25) is 5.91 Å². The van der Waals surface area contributed by atoms with Crippen LogP contribution in [-0.4, -0.2) is 29.7 Å². The second-order valence-corrected chi connectivity index (χ2v) is 4.50. The summed E-state index contributed by atoms with van der Waals surface area (Å²) in [4.78, 5) is 11.0. The Hall–Kier alpha value is -2.09. The number of halogens is 4. The fourth-order valence-electron chi connectivity index (χ4n) is 2.06. The standard InChI is InChI=1S/C13H13F4N3O/c1-2-20-10(6-11(19-20)13(15,16)17)8-4-3-7(12(18)21)5-9(8)14/h3-6,11,19H,2H2,1H3,(H2,18,21). The van der Waals surface area contributed by atoms with E-state index in [1.807, 2.05) is 0 Å². The van der Waals surface area contributed by atoms with Gasteiger partial charge in [0.15, 0.2) is 0 Å². The Bertz CT molecular complexity index is 598. The van der Waals surface area contributed by atoms with Gasteiger partial charge in [-0.2, -0.15) is 13.2 Å². The molecule has 2 rings (SSSR count). The smallest absolute Gasteiger partial charge is 0.366 e. The number of hydrazine groups is 1. The number of carbonyl (C=O) groups excluding carboxylic acids is 1. The summed E-state index contributed by atoms with van der Waals surface area (Å²) in [6, 6.07) is 1.55. The molecule has 0 bridgehead atoms. The van der Waals surface area contributed by atoms with Crippen LogP contribution in [0.1, 0.15) is 22.8 Å². The van der Waals surface area contributed by atoms with Crippen molar-refractivity contribution >= 4 is 11.6 Å². The minimum atomic E-state index is -4.47. The fourth-order valence-corrected chi connectivity index (χ4v) is 2.06. The molecule has 8 heteroatoms. The second kappa shape index (κ2) is 5.36. The minimum Gasteiger partial charge on any atom is -0.366 e. The molecule has 1 aromatic rings. The number of nitrogens with one attached hydrogen (secondary N) is 1. The Labute approximate surface area is 118 Å². The third kappa shape index (κ3) is 2.99. The molecule has 1 aliphatic rings. The van der Waals surface area contributed by atoms with E-state index in [2.05, 4.69) is 5.43 Å². The third-order valence-corrected chi connectivity index (χ3v) is 3.11. The van der Waals surface area contributed by atoms with Crippen LogP contribution < -0.4 is 11.2 Å². The van der Waals surface area contributed by atoms with E-state index in [1.165, 1.54) is 17.1 Å². The maximum absolute atomic E-state index is 14.0. The highest BCUT2D eigenvalue weighted by Gasteiger charge is 2.43. The van der Waals surface area contributed by atoms with E-state index in [-0.39, 0.29) is 23.4 Å². The lowest BCUT2D eigenvalue weighted by atomic mass is 10.1. The van der Waals surface area contributed by atoms with Gasteiger partial charge in [0.1, 0.15) is 11.9 Å². The van der Waals surface area contributed by atoms with Crippen LogP contribution in [0.4, 0.5) is 17.6 Å². The number of nitrogens with zero attached hydrogens (tertiary/aromatic N) is 1. The molecule has 1 amide bonds. The van der Waals surface area contributed by atoms with Crippen LogP contribution >= 0.6 is 0 Å². The number of benzene rings is 1. The van der Waals surface area contributed by atoms with Crippen LogP contribution in [0.25, 0.3) is 5.70 Å². The Morgan fingerprint density at radius 2 is 2.10 bits per heavy atom. The average Bonchev–Trinajstić information content (AvgIpc) is 2.82. The maximum atomic E-state index is 14.0. The number of hydrogen-bond acceptors (Lipinski definition) is 3. The van der Waals surface area contributed by atoms with Crippen molar-refractivity contribution in [1.29, 1.82) is 0 Å². The van der Waals surface area contributed by atoms with Crippen molar-refractivity contribution in [3.63, 3.8) is 0 Å². The predicted molar refractivity (Wildman–Crippen MR) is 68.3 cm³/mol. The van der Waals surface area contributed by atoms with Gasteiger partial charge in [-0.25, -0.2) is 9.82 Å². The summed E-state index contributed by atoms with van der Waals surface area (Å²) in [6.45, 7) is 1.85. The molecule has 0 spiro atoms. The van der Waals surface area contributed by atoms with Gasteiger partial charge in [-0.05, 0) is 31.2 Å². The first kappa shape index (κ1) is 15.3. The molecule has 0 fully saturated rings. The highest BCUT2D eigenvalue weighted by Crippen LogP contribution is 2.32. The number of carbonyl (C=O) groups is 1. The van der Waals surface area contributed by atoms with Crippen molar-refractivity contribution < 1.29 is 22.4 Å². The lowest BCUT2D eigenvalue weighted by Gasteiger charge is -2.23. The zero-order chi connectivity index (χ0) is 15.8. The normalized spacial score (nSPS) is 18.8. The van der Waals surface area contributed by atoms with E-state index in [4.69, 9.17) is 5.73 Å². The van der Waals surface area contributed by atoms with E-state index in [9.17, 15) is 22.4 Å². The second-order valence-electron chi connectivity index (χ2n) is 4.50. The first-order chi connectivity index (χ1) is 9.74. The van der Waals surface area contributed by atoms with Gasteiger partial charge >= 0.3 is 6.18 Å². The van der Waals surface area contributed by atoms with E-state index in [0.717, 1.165) is 12.1 Å². The van der Waals surface area contributed by atoms with Crippen LogP contribution in [0.2, 0.25) is 0 Å². The van der Waals surface area contributed by atoms with E-state index >= 15 is 0 Å². The zero-order valence-corrected chi connectivity index (χ0v) is 11.0. The summed E-state index contributed by atoms with van der Waals surface area (Å²) in [5.74, 6) is -1.61. The summed E-state index contributed by atoms with van der Waals surface area (Å²) in [6.07, 6.45) is -3.56. The molecule has 114 valence electrons. The molecule has 0 radical (unpaired) electrons. The van der Waals surface area contributed by atoms with Crippen molar-refractivity contribution in [3.05, 3.63) is 41.2 Å². The first-order valence-corrected chi connectivity index (χ1v) is 6.16. The van der Waals surface area contributed by atoms with Crippen molar-refractivity contribution in [2.45, 2.75) is 19.1 Å². The number of hydrogen-bond donors (Lipinski definition) is 2. The van der Waals surface area contributed by atoms with Crippen molar-refractivity contribution in [3.8, 4) is 0 Å². The van der Waals surface area contributed by atoms with Gasteiger partial charge in [-0.3, -0.25) is 4.79 Å². The Balaban J connectivity index is 2.42. The SMILES string of the molecule is CCN1NC(C(F)(F)F)C=C1c1ccc(C(N)=O)cc1F. The molecule has 1 unspecified atom stereocenters. The van der Waals surface area contributed by atoms with Gasteiger partial charge in [0.05, 0.1) is 5.70 Å². The molecule has 1 aliphatic heterocycles. The van der Waals surface area contributed by atoms with E-state index in [1.54, 1.807) is 6.92 Å². The molecule has 1 heterocycles. The third-order valence-electron chi connectivity index (χ3n) is 3.11. The highest BCUT2D eigenvalue weighted by atomic mass is 19.4. The average molecular weight is 303 g/mol. The van der Waals surface area contributed by atoms with Crippen LogP contribution in [0.5, 0.6) is 0 Å². The summed E-state index contributed by atoms with van der Waals surface area (Å²) in [5.41, 5.74) is 7.29. The first-order valence-electron chi connectivity index (χ1n) is 6.16. The van der Waals surface area contributed by atoms with Crippen LogP contribution in [0.15, 0.2) is 24.3 Å². The monoisotopic (exact) mass is 303 g/mol. The fraction of sp³-hybridized carbons (Fsp3) is 0.308. The molecular formula is C13H13F4N3O. The Morgan fingerprint density at radius 1 is 1.43 bits per heavy atom. The summed E-state index contributed by atoms with van der Waals surface area (Å²) in [7, 11) is 0. The number of alkyl halides is 3. The summed E-state index contributed by atoms with van der Waals surface area (Å²) >= 11 is 0. The van der Waals surface area contributed by atoms with Gasteiger partial charge in [-0.1, -0.05) is 0 Å². The molecule has 0 saturated heterocycles. The quantitative estimate of drug-likeness (QED) is 0.840. The Morgan fingerprint density at radius 3 is 2.57 bits per heavy atom. The molecule has 0 saturated carbocycles. The topological polar surface area (TPSA) is 58.4 Å². The molecule has 1 atom stereocenters. The van der Waals surface area contributed by atoms with Crippen LogP contribution in [-0.2, 0) is 0 Å². The van der Waals surface area contributed by atoms with E-state index < -0.39 is 23.9 Å². The molecule has 0 aromatic heterocycles. The van der Waals surface area contributed by atoms with Gasteiger partial charge in [-0.15, -0.1) is 0 Å². The summed E-state index contributed by atoms with van der Waals surface area (Å²) < 4.78 is 52.2. The molecular weight excluding hydrogens is 290 g/mol. The number of amides is 1. The molecule has 0 aliphatic carbocycles. The highest BCUT2D eigenvalue weighted by molar-refractivity contribution is 5.93. The summed E-state index contributed by atoms with van der Waals surface area (Å²) in [5, 5.41) is 1.21. The molecule has 1 aromatic carbocycles. The predicted octanol–water partition coefficient (Wildman–Crippen LogP) is 2.04. The number of nitrogens with two attached hydrogens (primary N) is 1. The van der Waals surface area contributed by atoms with Gasteiger partial charge in [0.25, 0.3) is 0 Å².